The summed E-state index contributed by atoms with van der Waals surface area (Å²) < 4.78 is 1.87. The zero-order valence-corrected chi connectivity index (χ0v) is 12.3. The van der Waals surface area contributed by atoms with Crippen molar-refractivity contribution in [2.24, 2.45) is 0 Å². The van der Waals surface area contributed by atoms with Gasteiger partial charge in [0.25, 0.3) is 5.91 Å². The second-order valence-electron chi connectivity index (χ2n) is 2.95. The van der Waals surface area contributed by atoms with Crippen molar-refractivity contribution in [3.05, 3.63) is 19.2 Å². The first-order valence-corrected chi connectivity index (χ1v) is 6.93. The molecule has 0 saturated heterocycles. The molecule has 84 valence electrons. The van der Waals surface area contributed by atoms with Crippen molar-refractivity contribution in [1.29, 1.82) is 0 Å². The Labute approximate surface area is 110 Å². The normalized spacial score (nSPS) is 10.3. The van der Waals surface area contributed by atoms with Crippen molar-refractivity contribution in [1.82, 2.24) is 10.6 Å². The van der Waals surface area contributed by atoms with E-state index in [1.54, 1.807) is 0 Å². The molecule has 1 rings (SSSR count). The van der Waals surface area contributed by atoms with Gasteiger partial charge in [-0.05, 0) is 57.9 Å². The molecule has 0 aliphatic heterocycles. The first kappa shape index (κ1) is 13.2. The highest BCUT2D eigenvalue weighted by Gasteiger charge is 2.10. The van der Waals surface area contributed by atoms with E-state index in [2.05, 4.69) is 42.5 Å². The van der Waals surface area contributed by atoms with Crippen molar-refractivity contribution in [3.8, 4) is 0 Å². The molecule has 1 amide bonds. The van der Waals surface area contributed by atoms with E-state index in [1.165, 1.54) is 11.3 Å². The van der Waals surface area contributed by atoms with Crippen LogP contribution < -0.4 is 10.6 Å². The van der Waals surface area contributed by atoms with Crippen LogP contribution in [0.4, 0.5) is 0 Å². The maximum Gasteiger partial charge on any atom is 0.261 e. The van der Waals surface area contributed by atoms with Gasteiger partial charge in [0.15, 0.2) is 0 Å². The number of carbonyl (C=O) groups is 1. The lowest BCUT2D eigenvalue weighted by Crippen LogP contribution is -2.25. The summed E-state index contributed by atoms with van der Waals surface area (Å²) in [6.45, 7) is 1.62. The van der Waals surface area contributed by atoms with Gasteiger partial charge in [0.05, 0.1) is 8.66 Å². The van der Waals surface area contributed by atoms with Crippen LogP contribution >= 0.6 is 43.2 Å². The molecule has 0 aliphatic carbocycles. The Bertz CT molecular complexity index is 321. The highest BCUT2D eigenvalue weighted by Crippen LogP contribution is 2.32. The van der Waals surface area contributed by atoms with Crippen LogP contribution in [0.1, 0.15) is 16.1 Å². The Morgan fingerprint density at radius 2 is 2.20 bits per heavy atom. The smallest absolute Gasteiger partial charge is 0.261 e. The van der Waals surface area contributed by atoms with E-state index in [0.29, 0.717) is 6.54 Å². The van der Waals surface area contributed by atoms with Gasteiger partial charge in [0, 0.05) is 11.0 Å². The van der Waals surface area contributed by atoms with Crippen LogP contribution in [-0.2, 0) is 0 Å². The van der Waals surface area contributed by atoms with Gasteiger partial charge < -0.3 is 10.6 Å². The summed E-state index contributed by atoms with van der Waals surface area (Å²) in [6, 6.07) is 1.82. The number of nitrogens with one attached hydrogen (secondary N) is 2. The minimum Gasteiger partial charge on any atom is -0.351 e. The molecule has 0 aliphatic rings. The zero-order valence-electron chi connectivity index (χ0n) is 8.27. The van der Waals surface area contributed by atoms with Gasteiger partial charge in [0.1, 0.15) is 0 Å². The van der Waals surface area contributed by atoms with Crippen molar-refractivity contribution < 1.29 is 4.79 Å². The second-order valence-corrected chi connectivity index (χ2v) is 6.17. The monoisotopic (exact) mass is 354 g/mol. The molecule has 3 nitrogen and oxygen atoms in total. The van der Waals surface area contributed by atoms with Gasteiger partial charge in [-0.25, -0.2) is 0 Å². The predicted molar refractivity (Wildman–Crippen MR) is 70.6 cm³/mol. The fourth-order valence-electron chi connectivity index (χ4n) is 1.01. The Kier molecular flexibility index (Phi) is 5.81. The Balaban J connectivity index is 2.40. The molecule has 0 spiro atoms. The Hall–Kier alpha value is 0.0900. The van der Waals surface area contributed by atoms with E-state index in [1.807, 2.05) is 13.1 Å². The van der Waals surface area contributed by atoms with E-state index in [0.717, 1.165) is 26.1 Å². The number of hydrogen-bond donors (Lipinski definition) is 2. The van der Waals surface area contributed by atoms with Crippen molar-refractivity contribution in [2.45, 2.75) is 6.42 Å². The highest BCUT2D eigenvalue weighted by molar-refractivity contribution is 9.13. The summed E-state index contributed by atoms with van der Waals surface area (Å²) in [5.41, 5.74) is 0. The summed E-state index contributed by atoms with van der Waals surface area (Å²) >= 11 is 8.14. The Morgan fingerprint density at radius 3 is 2.73 bits per heavy atom. The van der Waals surface area contributed by atoms with Gasteiger partial charge in [-0.2, -0.15) is 0 Å². The number of carbonyl (C=O) groups excluding carboxylic acids is 1. The first-order valence-electron chi connectivity index (χ1n) is 4.52. The van der Waals surface area contributed by atoms with E-state index in [4.69, 9.17) is 0 Å². The molecule has 15 heavy (non-hydrogen) atoms. The van der Waals surface area contributed by atoms with Crippen molar-refractivity contribution in [2.75, 3.05) is 20.1 Å². The number of rotatable bonds is 5. The zero-order chi connectivity index (χ0) is 11.3. The van der Waals surface area contributed by atoms with Crippen LogP contribution in [0.25, 0.3) is 0 Å². The fourth-order valence-corrected chi connectivity index (χ4v) is 2.96. The van der Waals surface area contributed by atoms with Crippen LogP contribution in [0.2, 0.25) is 0 Å². The van der Waals surface area contributed by atoms with Gasteiger partial charge in [-0.1, -0.05) is 0 Å². The summed E-state index contributed by atoms with van der Waals surface area (Å²) in [5, 5.41) is 5.89. The fraction of sp³-hybridized carbons (Fsp3) is 0.444. The topological polar surface area (TPSA) is 41.1 Å². The lowest BCUT2D eigenvalue weighted by molar-refractivity contribution is 0.0957. The molecule has 0 bridgehead atoms. The quantitative estimate of drug-likeness (QED) is 0.797. The molecular weight excluding hydrogens is 344 g/mol. The first-order chi connectivity index (χ1) is 7.15. The third-order valence-corrected chi connectivity index (χ3v) is 5.01. The molecular formula is C9H12Br2N2OS. The van der Waals surface area contributed by atoms with Crippen molar-refractivity contribution >= 4 is 49.1 Å². The van der Waals surface area contributed by atoms with Crippen LogP contribution in [0, 0.1) is 0 Å². The molecule has 0 radical (unpaired) electrons. The van der Waals surface area contributed by atoms with E-state index < -0.39 is 0 Å². The molecule has 0 fully saturated rings. The number of halogens is 2. The maximum absolute atomic E-state index is 11.6. The minimum atomic E-state index is -0.0116. The molecule has 0 saturated carbocycles. The summed E-state index contributed by atoms with van der Waals surface area (Å²) in [5.74, 6) is -0.0116. The summed E-state index contributed by atoms with van der Waals surface area (Å²) in [4.78, 5) is 12.3. The van der Waals surface area contributed by atoms with Crippen LogP contribution in [0.5, 0.6) is 0 Å². The minimum absolute atomic E-state index is 0.0116. The molecule has 6 heteroatoms. The van der Waals surface area contributed by atoms with Crippen LogP contribution in [-0.4, -0.2) is 26.0 Å². The lowest BCUT2D eigenvalue weighted by atomic mass is 10.4. The average molecular weight is 356 g/mol. The molecule has 2 N–H and O–H groups in total. The number of thiophene rings is 1. The van der Waals surface area contributed by atoms with Crippen molar-refractivity contribution in [3.63, 3.8) is 0 Å². The Morgan fingerprint density at radius 1 is 1.47 bits per heavy atom. The van der Waals surface area contributed by atoms with Gasteiger partial charge in [0.2, 0.25) is 0 Å². The molecule has 0 aromatic carbocycles. The van der Waals surface area contributed by atoms with Gasteiger partial charge >= 0.3 is 0 Å². The predicted octanol–water partition coefficient (Wildman–Crippen LogP) is 2.61. The van der Waals surface area contributed by atoms with E-state index >= 15 is 0 Å². The van der Waals surface area contributed by atoms with E-state index in [-0.39, 0.29) is 5.91 Å². The third-order valence-electron chi connectivity index (χ3n) is 1.76. The molecule has 1 aromatic heterocycles. The van der Waals surface area contributed by atoms with E-state index in [9.17, 15) is 4.79 Å². The molecule has 0 unspecified atom stereocenters. The van der Waals surface area contributed by atoms with Gasteiger partial charge in [-0.3, -0.25) is 4.79 Å². The SMILES string of the molecule is CNCCCNC(=O)c1cc(Br)c(Br)s1. The van der Waals surface area contributed by atoms with Gasteiger partial charge in [-0.15, -0.1) is 11.3 Å². The lowest BCUT2D eigenvalue weighted by Gasteiger charge is -2.02. The maximum atomic E-state index is 11.6. The van der Waals surface area contributed by atoms with Crippen LogP contribution in [0.15, 0.2) is 14.3 Å². The summed E-state index contributed by atoms with van der Waals surface area (Å²) in [7, 11) is 1.90. The molecule has 0 atom stereocenters. The highest BCUT2D eigenvalue weighted by atomic mass is 79.9. The molecule has 1 aromatic rings. The standard InChI is InChI=1S/C9H12Br2N2OS/c1-12-3-2-4-13-9(14)7-5-6(10)8(11)15-7/h5,12H,2-4H2,1H3,(H,13,14). The average Bonchev–Trinajstić information content (AvgIpc) is 2.54. The molecule has 1 heterocycles. The third kappa shape index (κ3) is 4.22. The second kappa shape index (κ2) is 6.62. The number of amides is 1. The summed E-state index contributed by atoms with van der Waals surface area (Å²) in [6.07, 6.45) is 0.940. The largest absolute Gasteiger partial charge is 0.351 e. The van der Waals surface area contributed by atoms with Crippen LogP contribution in [0.3, 0.4) is 0 Å². The number of hydrogen-bond acceptors (Lipinski definition) is 3.